The smallest absolute Gasteiger partial charge is 0.410 e. The van der Waals surface area contributed by atoms with Crippen LogP contribution in [0.2, 0.25) is 0 Å². The van der Waals surface area contributed by atoms with Gasteiger partial charge in [-0.1, -0.05) is 0 Å². The molecule has 1 amide bonds. The van der Waals surface area contributed by atoms with Crippen LogP contribution in [0.4, 0.5) is 4.79 Å². The third-order valence-corrected chi connectivity index (χ3v) is 1.60. The summed E-state index contributed by atoms with van der Waals surface area (Å²) in [7, 11) is 0. The second kappa shape index (κ2) is 3.57. The van der Waals surface area contributed by atoms with E-state index in [1.165, 1.54) is 12.3 Å². The lowest BCUT2D eigenvalue weighted by Gasteiger charge is -2.01. The van der Waals surface area contributed by atoms with Crippen LogP contribution in [0.15, 0.2) is 12.3 Å². The number of carbonyl (C=O) groups excluding carboxylic acids is 1. The van der Waals surface area contributed by atoms with E-state index in [1.807, 2.05) is 22.6 Å². The first-order valence-electron chi connectivity index (χ1n) is 2.91. The van der Waals surface area contributed by atoms with Crippen LogP contribution in [0.1, 0.15) is 0 Å². The fraction of sp³-hybridized carbons (Fsp3) is 0. The lowest BCUT2D eigenvalue weighted by Crippen LogP contribution is -2.16. The highest BCUT2D eigenvalue weighted by Crippen LogP contribution is 2.24. The summed E-state index contributed by atoms with van der Waals surface area (Å²) in [6, 6.07) is 1.45. The van der Waals surface area contributed by atoms with Gasteiger partial charge >= 0.3 is 6.09 Å². The summed E-state index contributed by atoms with van der Waals surface area (Å²) in [5.74, 6) is -0.386. The number of nitrogens with two attached hydrogens (primary N) is 1. The highest BCUT2D eigenvalue weighted by molar-refractivity contribution is 14.1. The molecule has 1 aromatic rings. The standard InChI is InChI=1S/C6H5IN2O3/c7-3-1-4(12-6(8)11)5(10)9-2-3/h1-2H,(H2,8,11)(H,9,10). The number of primary amides is 1. The van der Waals surface area contributed by atoms with Crippen LogP contribution in [0.25, 0.3) is 0 Å². The topological polar surface area (TPSA) is 85.4 Å². The minimum Gasteiger partial charge on any atom is -0.491 e. The first-order valence-corrected chi connectivity index (χ1v) is 3.99. The normalized spacial score (nSPS) is 9.42. The summed E-state index contributed by atoms with van der Waals surface area (Å²) < 4.78 is 5.19. The van der Waals surface area contributed by atoms with E-state index in [-0.39, 0.29) is 11.6 Å². The summed E-state index contributed by atoms with van der Waals surface area (Å²) >= 11 is 1.96. The maximum absolute atomic E-state index is 10.3. The molecular weight excluding hydrogens is 275 g/mol. The molecule has 12 heavy (non-hydrogen) atoms. The maximum Gasteiger partial charge on any atom is 0.410 e. The highest BCUT2D eigenvalue weighted by atomic mass is 127. The van der Waals surface area contributed by atoms with Crippen molar-refractivity contribution in [3.8, 4) is 11.6 Å². The van der Waals surface area contributed by atoms with Gasteiger partial charge in [-0.2, -0.15) is 0 Å². The molecule has 64 valence electrons. The Morgan fingerprint density at radius 1 is 1.75 bits per heavy atom. The molecule has 5 nitrogen and oxygen atoms in total. The van der Waals surface area contributed by atoms with E-state index in [9.17, 15) is 4.79 Å². The number of hydrogen-bond acceptors (Lipinski definition) is 4. The number of pyridine rings is 1. The van der Waals surface area contributed by atoms with Gasteiger partial charge in [-0.3, -0.25) is 0 Å². The molecule has 0 spiro atoms. The summed E-state index contributed by atoms with van der Waals surface area (Å²) in [6.07, 6.45) is 0.457. The van der Waals surface area contributed by atoms with Gasteiger partial charge in [0.2, 0.25) is 0 Å². The molecular formula is C6H5IN2O3. The van der Waals surface area contributed by atoms with Crippen molar-refractivity contribution in [2.75, 3.05) is 0 Å². The quantitative estimate of drug-likeness (QED) is 0.747. The number of halogens is 1. The fourth-order valence-corrected chi connectivity index (χ4v) is 1.02. The number of nitrogens with zero attached hydrogens (tertiary/aromatic N) is 1. The maximum atomic E-state index is 10.3. The number of carbonyl (C=O) groups is 1. The largest absolute Gasteiger partial charge is 0.491 e. The van der Waals surface area contributed by atoms with Crippen LogP contribution < -0.4 is 10.5 Å². The van der Waals surface area contributed by atoms with E-state index in [2.05, 4.69) is 9.72 Å². The monoisotopic (exact) mass is 280 g/mol. The van der Waals surface area contributed by atoms with E-state index in [0.29, 0.717) is 0 Å². The van der Waals surface area contributed by atoms with Crippen LogP contribution in [0.5, 0.6) is 11.6 Å². The predicted molar refractivity (Wildman–Crippen MR) is 48.8 cm³/mol. The third kappa shape index (κ3) is 2.22. The molecule has 0 atom stereocenters. The van der Waals surface area contributed by atoms with Gasteiger partial charge in [-0.05, 0) is 22.6 Å². The Bertz CT molecular complexity index is 316. The van der Waals surface area contributed by atoms with Crippen molar-refractivity contribution in [3.05, 3.63) is 15.8 Å². The number of hydrogen-bond donors (Lipinski definition) is 2. The summed E-state index contributed by atoms with van der Waals surface area (Å²) in [5.41, 5.74) is 4.74. The number of ether oxygens (including phenoxy) is 1. The van der Waals surface area contributed by atoms with Crippen LogP contribution >= 0.6 is 22.6 Å². The molecule has 0 unspecified atom stereocenters. The first-order chi connectivity index (χ1) is 5.59. The summed E-state index contributed by atoms with van der Waals surface area (Å²) in [6.45, 7) is 0. The lowest BCUT2D eigenvalue weighted by atomic mass is 10.4. The van der Waals surface area contributed by atoms with E-state index in [1.54, 1.807) is 0 Å². The Hall–Kier alpha value is -1.05. The zero-order valence-corrected chi connectivity index (χ0v) is 7.98. The van der Waals surface area contributed by atoms with E-state index < -0.39 is 6.09 Å². The molecule has 0 radical (unpaired) electrons. The molecule has 3 N–H and O–H groups in total. The number of amides is 1. The van der Waals surface area contributed by atoms with Gasteiger partial charge in [0.05, 0.1) is 0 Å². The zero-order chi connectivity index (χ0) is 9.14. The highest BCUT2D eigenvalue weighted by Gasteiger charge is 2.06. The van der Waals surface area contributed by atoms with Gasteiger partial charge in [-0.15, -0.1) is 0 Å². The van der Waals surface area contributed by atoms with Crippen LogP contribution in [-0.4, -0.2) is 16.2 Å². The average molecular weight is 280 g/mol. The third-order valence-electron chi connectivity index (χ3n) is 1.01. The molecule has 0 fully saturated rings. The number of rotatable bonds is 1. The second-order valence-corrected chi connectivity index (χ2v) is 3.14. The summed E-state index contributed by atoms with van der Waals surface area (Å²) in [5, 5.41) is 9.04. The molecule has 0 aliphatic rings. The van der Waals surface area contributed by atoms with E-state index >= 15 is 0 Å². The minimum atomic E-state index is -0.978. The Balaban J connectivity index is 2.97. The summed E-state index contributed by atoms with van der Waals surface area (Å²) in [4.78, 5) is 13.8. The Morgan fingerprint density at radius 3 is 3.00 bits per heavy atom. The molecule has 0 saturated heterocycles. The van der Waals surface area contributed by atoms with E-state index in [4.69, 9.17) is 10.8 Å². The number of aromatic hydroxyl groups is 1. The molecule has 0 saturated carbocycles. The van der Waals surface area contributed by atoms with Gasteiger partial charge in [0.25, 0.3) is 5.88 Å². The molecule has 0 aliphatic carbocycles. The van der Waals surface area contributed by atoms with Crippen LogP contribution in [0, 0.1) is 3.57 Å². The van der Waals surface area contributed by atoms with Crippen LogP contribution in [0.3, 0.4) is 0 Å². The van der Waals surface area contributed by atoms with Crippen LogP contribution in [-0.2, 0) is 0 Å². The average Bonchev–Trinajstić information content (AvgIpc) is 1.96. The van der Waals surface area contributed by atoms with Gasteiger partial charge in [-0.25, -0.2) is 9.78 Å². The lowest BCUT2D eigenvalue weighted by molar-refractivity contribution is 0.208. The molecule has 1 rings (SSSR count). The molecule has 0 bridgehead atoms. The molecule has 0 aromatic carbocycles. The Kier molecular flexibility index (Phi) is 2.69. The van der Waals surface area contributed by atoms with Crippen molar-refractivity contribution in [1.29, 1.82) is 0 Å². The van der Waals surface area contributed by atoms with E-state index in [0.717, 1.165) is 3.57 Å². The predicted octanol–water partition coefficient (Wildman–Crippen LogP) is 0.849. The van der Waals surface area contributed by atoms with Gasteiger partial charge in [0.1, 0.15) is 0 Å². The molecule has 6 heteroatoms. The number of aromatic nitrogens is 1. The Morgan fingerprint density at radius 2 is 2.42 bits per heavy atom. The van der Waals surface area contributed by atoms with Crippen molar-refractivity contribution < 1.29 is 14.6 Å². The van der Waals surface area contributed by atoms with Crippen molar-refractivity contribution >= 4 is 28.7 Å². The molecule has 1 aromatic heterocycles. The molecule has 0 aliphatic heterocycles. The first kappa shape index (κ1) is 9.04. The zero-order valence-electron chi connectivity index (χ0n) is 5.82. The SMILES string of the molecule is NC(=O)Oc1cc(I)cnc1O. The minimum absolute atomic E-state index is 0.0330. The molecule has 1 heterocycles. The fourth-order valence-electron chi connectivity index (χ4n) is 0.597. The van der Waals surface area contributed by atoms with Crippen molar-refractivity contribution in [2.24, 2.45) is 5.73 Å². The van der Waals surface area contributed by atoms with Gasteiger partial charge in [0, 0.05) is 15.8 Å². The van der Waals surface area contributed by atoms with Gasteiger partial charge in [0.15, 0.2) is 5.75 Å². The van der Waals surface area contributed by atoms with Crippen molar-refractivity contribution in [2.45, 2.75) is 0 Å². The van der Waals surface area contributed by atoms with Crippen molar-refractivity contribution in [3.63, 3.8) is 0 Å². The Labute approximate surface area is 81.7 Å². The second-order valence-electron chi connectivity index (χ2n) is 1.90. The van der Waals surface area contributed by atoms with Crippen molar-refractivity contribution in [1.82, 2.24) is 4.98 Å². The van der Waals surface area contributed by atoms with Gasteiger partial charge < -0.3 is 15.6 Å².